The van der Waals surface area contributed by atoms with E-state index in [9.17, 15) is 9.59 Å². The lowest BCUT2D eigenvalue weighted by atomic mass is 9.81. The van der Waals surface area contributed by atoms with E-state index < -0.39 is 0 Å². The average Bonchev–Trinajstić information content (AvgIpc) is 2.97. The van der Waals surface area contributed by atoms with E-state index in [1.807, 2.05) is 61.1 Å². The van der Waals surface area contributed by atoms with Crippen LogP contribution in [0.3, 0.4) is 0 Å². The Hall–Kier alpha value is -2.95. The van der Waals surface area contributed by atoms with Crippen LogP contribution in [-0.2, 0) is 11.8 Å². The van der Waals surface area contributed by atoms with Gasteiger partial charge in [0.05, 0.1) is 17.1 Å². The molecule has 1 aromatic heterocycles. The number of Topliss-reactive ketones (excluding diaryl/α,β-unsaturated/α-hetero) is 1. The van der Waals surface area contributed by atoms with Crippen molar-refractivity contribution in [3.63, 3.8) is 0 Å². The number of rotatable bonds is 6. The van der Waals surface area contributed by atoms with E-state index in [0.717, 1.165) is 35.4 Å². The van der Waals surface area contributed by atoms with Gasteiger partial charge in [-0.05, 0) is 55.9 Å². The van der Waals surface area contributed by atoms with Crippen LogP contribution in [0.25, 0.3) is 5.69 Å². The summed E-state index contributed by atoms with van der Waals surface area (Å²) >= 11 is 0. The molecule has 0 fully saturated rings. The number of carbonyl (C=O) groups excluding carboxylic acids is 1. The third-order valence-electron chi connectivity index (χ3n) is 6.18. The Kier molecular flexibility index (Phi) is 6.40. The molecule has 2 atom stereocenters. The van der Waals surface area contributed by atoms with Crippen molar-refractivity contribution in [3.05, 3.63) is 69.7 Å². The number of nitrogens with zero attached hydrogens (tertiary/aromatic N) is 3. The zero-order chi connectivity index (χ0) is 22.0. The Morgan fingerprint density at radius 2 is 1.47 bits per heavy atom. The third kappa shape index (κ3) is 3.89. The highest BCUT2D eigenvalue weighted by atomic mass is 16.1. The smallest absolute Gasteiger partial charge is 0.289 e. The molecule has 1 aromatic carbocycles. The van der Waals surface area contributed by atoms with Gasteiger partial charge in [0.25, 0.3) is 5.56 Å². The van der Waals surface area contributed by atoms with E-state index in [0.29, 0.717) is 11.4 Å². The summed E-state index contributed by atoms with van der Waals surface area (Å²) in [5.41, 5.74) is 4.06. The predicted molar refractivity (Wildman–Crippen MR) is 123 cm³/mol. The highest BCUT2D eigenvalue weighted by Gasteiger charge is 2.27. The fraction of sp³-hybridized carbons (Fsp3) is 0.400. The summed E-state index contributed by atoms with van der Waals surface area (Å²) in [6.07, 6.45) is 5.48. The maximum Gasteiger partial charge on any atom is 0.297 e. The van der Waals surface area contributed by atoms with Gasteiger partial charge in [-0.25, -0.2) is 9.67 Å². The molecular weight excluding hydrogens is 374 g/mol. The van der Waals surface area contributed by atoms with Crippen LogP contribution in [0.2, 0.25) is 0 Å². The number of hydrogen-bond acceptors (Lipinski definition) is 3. The van der Waals surface area contributed by atoms with Crippen molar-refractivity contribution < 1.29 is 4.79 Å². The molecule has 0 bridgehead atoms. The maximum absolute atomic E-state index is 13.2. The van der Waals surface area contributed by atoms with Crippen LogP contribution in [0, 0.1) is 18.8 Å². The minimum atomic E-state index is -0.164. The first kappa shape index (κ1) is 21.8. The lowest BCUT2D eigenvalue weighted by Gasteiger charge is -2.22. The Morgan fingerprint density at radius 1 is 0.933 bits per heavy atom. The molecule has 1 heterocycles. The first-order chi connectivity index (χ1) is 14.3. The Balaban J connectivity index is 2.18. The van der Waals surface area contributed by atoms with Crippen LogP contribution in [0.5, 0.6) is 0 Å². The van der Waals surface area contributed by atoms with E-state index in [1.54, 1.807) is 4.68 Å². The van der Waals surface area contributed by atoms with Crippen molar-refractivity contribution in [1.29, 1.82) is 0 Å². The standard InChI is InChI=1S/C25H31N3O2/c1-7-16(3)21-14-19(15-22(24(21)29)17(4)8-2)26-23-18(5)27(6)28(25(23)30)20-12-10-9-11-13-20/h9-17H,7-8H2,1-6H3/t16-,17+. The minimum Gasteiger partial charge on any atom is -0.289 e. The molecule has 158 valence electrons. The molecule has 5 nitrogen and oxygen atoms in total. The first-order valence-electron chi connectivity index (χ1n) is 10.7. The van der Waals surface area contributed by atoms with Crippen LogP contribution in [0.1, 0.15) is 46.2 Å². The molecule has 0 unspecified atom stereocenters. The highest BCUT2D eigenvalue weighted by molar-refractivity contribution is 6.22. The molecule has 0 radical (unpaired) electrons. The predicted octanol–water partition coefficient (Wildman–Crippen LogP) is 5.08. The van der Waals surface area contributed by atoms with E-state index in [-0.39, 0.29) is 23.2 Å². The number of ketones is 1. The van der Waals surface area contributed by atoms with Gasteiger partial charge in [-0.2, -0.15) is 0 Å². The van der Waals surface area contributed by atoms with E-state index in [2.05, 4.69) is 27.7 Å². The van der Waals surface area contributed by atoms with Crippen LogP contribution < -0.4 is 5.56 Å². The van der Waals surface area contributed by atoms with Gasteiger partial charge in [0.15, 0.2) is 11.5 Å². The summed E-state index contributed by atoms with van der Waals surface area (Å²) in [4.78, 5) is 31.0. The van der Waals surface area contributed by atoms with Crippen LogP contribution in [0.15, 0.2) is 63.4 Å². The van der Waals surface area contributed by atoms with Crippen molar-refractivity contribution in [2.24, 2.45) is 23.9 Å². The fourth-order valence-electron chi connectivity index (χ4n) is 3.71. The first-order valence-corrected chi connectivity index (χ1v) is 10.7. The van der Waals surface area contributed by atoms with E-state index >= 15 is 0 Å². The number of para-hydroxylation sites is 1. The van der Waals surface area contributed by atoms with Gasteiger partial charge in [-0.3, -0.25) is 14.3 Å². The molecule has 1 aliphatic rings. The van der Waals surface area contributed by atoms with Crippen LogP contribution >= 0.6 is 0 Å². The summed E-state index contributed by atoms with van der Waals surface area (Å²) in [5, 5.41) is 0. The number of hydrogen-bond donors (Lipinski definition) is 0. The summed E-state index contributed by atoms with van der Waals surface area (Å²) < 4.78 is 3.45. The normalized spacial score (nSPS) is 17.7. The molecule has 0 amide bonds. The molecule has 0 saturated heterocycles. The van der Waals surface area contributed by atoms with Crippen LogP contribution in [-0.4, -0.2) is 20.9 Å². The maximum atomic E-state index is 13.2. The van der Waals surface area contributed by atoms with E-state index in [1.165, 1.54) is 0 Å². The molecule has 30 heavy (non-hydrogen) atoms. The Bertz CT molecular complexity index is 1070. The van der Waals surface area contributed by atoms with Crippen molar-refractivity contribution >= 4 is 17.2 Å². The molecule has 0 N–H and O–H groups in total. The zero-order valence-corrected chi connectivity index (χ0v) is 18.8. The number of carbonyl (C=O) groups is 1. The van der Waals surface area contributed by atoms with Gasteiger partial charge in [0.1, 0.15) is 0 Å². The lowest BCUT2D eigenvalue weighted by Crippen LogP contribution is -2.22. The second kappa shape index (κ2) is 8.82. The van der Waals surface area contributed by atoms with E-state index in [4.69, 9.17) is 4.99 Å². The van der Waals surface area contributed by atoms with Gasteiger partial charge in [-0.15, -0.1) is 0 Å². The van der Waals surface area contributed by atoms with Crippen molar-refractivity contribution in [3.8, 4) is 5.69 Å². The average molecular weight is 406 g/mol. The number of aromatic nitrogens is 2. The molecule has 5 heteroatoms. The molecule has 0 aliphatic heterocycles. The zero-order valence-electron chi connectivity index (χ0n) is 18.8. The van der Waals surface area contributed by atoms with Crippen molar-refractivity contribution in [2.45, 2.75) is 47.5 Å². The number of allylic oxidation sites excluding steroid dienone is 4. The monoisotopic (exact) mass is 405 g/mol. The lowest BCUT2D eigenvalue weighted by molar-refractivity contribution is -0.113. The third-order valence-corrected chi connectivity index (χ3v) is 6.18. The van der Waals surface area contributed by atoms with Crippen molar-refractivity contribution in [1.82, 2.24) is 9.36 Å². The summed E-state index contributed by atoms with van der Waals surface area (Å²) in [7, 11) is 1.86. The van der Waals surface area contributed by atoms with Crippen LogP contribution in [0.4, 0.5) is 5.69 Å². The largest absolute Gasteiger partial charge is 0.297 e. The second-order valence-electron chi connectivity index (χ2n) is 8.09. The fourth-order valence-corrected chi connectivity index (χ4v) is 3.71. The topological polar surface area (TPSA) is 56.4 Å². The molecule has 3 rings (SSSR count). The van der Waals surface area contributed by atoms with Gasteiger partial charge in [0, 0.05) is 18.2 Å². The Labute approximate surface area is 178 Å². The summed E-state index contributed by atoms with van der Waals surface area (Å²) in [6, 6.07) is 9.54. The molecule has 2 aromatic rings. The summed E-state index contributed by atoms with van der Waals surface area (Å²) in [5.74, 6) is 0.408. The SMILES string of the molecule is CC[C@@H](C)C1=CC(=Nc2c(C)n(C)n(-c3ccccc3)c2=O)C=C([C@@H](C)CC)C1=O. The highest BCUT2D eigenvalue weighted by Crippen LogP contribution is 2.29. The van der Waals surface area contributed by atoms with Gasteiger partial charge < -0.3 is 0 Å². The molecule has 1 aliphatic carbocycles. The number of aliphatic imine (C=N–C) groups is 1. The van der Waals surface area contributed by atoms with Gasteiger partial charge in [-0.1, -0.05) is 45.9 Å². The van der Waals surface area contributed by atoms with Crippen molar-refractivity contribution in [2.75, 3.05) is 0 Å². The summed E-state index contributed by atoms with van der Waals surface area (Å²) in [6.45, 7) is 10.2. The van der Waals surface area contributed by atoms with Gasteiger partial charge in [0.2, 0.25) is 0 Å². The molecular formula is C25H31N3O2. The Morgan fingerprint density at radius 3 is 1.97 bits per heavy atom. The second-order valence-corrected chi connectivity index (χ2v) is 8.09. The van der Waals surface area contributed by atoms with Gasteiger partial charge >= 0.3 is 0 Å². The quantitative estimate of drug-likeness (QED) is 0.629. The minimum absolute atomic E-state index is 0.115. The molecule has 0 spiro atoms. The number of benzene rings is 1. The molecule has 0 saturated carbocycles.